The van der Waals surface area contributed by atoms with E-state index in [0.717, 1.165) is 0 Å². The Morgan fingerprint density at radius 3 is 2.73 bits per heavy atom. The van der Waals surface area contributed by atoms with Crippen molar-refractivity contribution in [3.63, 3.8) is 0 Å². The lowest BCUT2D eigenvalue weighted by molar-refractivity contribution is 0.0503. The Morgan fingerprint density at radius 1 is 1.47 bits per heavy atom. The lowest BCUT2D eigenvalue weighted by Crippen LogP contribution is -2.17. The minimum Gasteiger partial charge on any atom is -0.460 e. The van der Waals surface area contributed by atoms with E-state index in [9.17, 15) is 4.79 Å². The fourth-order valence-electron chi connectivity index (χ4n) is 0.803. The highest BCUT2D eigenvalue weighted by Gasteiger charge is 2.05. The molecule has 0 bridgehead atoms. The molecule has 1 N–H and O–H groups in total. The number of carbonyl (C=O) groups is 1. The second-order valence-electron chi connectivity index (χ2n) is 2.45. The summed E-state index contributed by atoms with van der Waals surface area (Å²) in [4.78, 5) is 15.1. The molecule has 0 unspecified atom stereocenters. The summed E-state index contributed by atoms with van der Waals surface area (Å²) >= 11 is 0. The van der Waals surface area contributed by atoms with Gasteiger partial charge in [0.2, 0.25) is 0 Å². The molecule has 0 saturated heterocycles. The summed E-state index contributed by atoms with van der Waals surface area (Å²) in [7, 11) is 1.80. The number of likely N-dealkylation sites (N-methyl/N-ethyl adjacent to an activating group) is 1. The van der Waals surface area contributed by atoms with E-state index in [-0.39, 0.29) is 30.8 Å². The molecule has 0 aromatic carbocycles. The van der Waals surface area contributed by atoms with Crippen molar-refractivity contribution >= 4 is 30.8 Å². The zero-order valence-corrected chi connectivity index (χ0v) is 9.94. The van der Waals surface area contributed by atoms with Gasteiger partial charge in [0, 0.05) is 12.7 Å². The quantitative estimate of drug-likeness (QED) is 0.649. The number of carbonyl (C=O) groups excluding carboxylic acids is 1. The van der Waals surface area contributed by atoms with Gasteiger partial charge in [-0.25, -0.2) is 9.78 Å². The molecule has 86 valence electrons. The molecule has 0 aliphatic carbocycles. The number of pyridine rings is 1. The highest BCUT2D eigenvalue weighted by Crippen LogP contribution is 1.95. The molecule has 0 spiro atoms. The van der Waals surface area contributed by atoms with Crippen molar-refractivity contribution in [1.29, 1.82) is 0 Å². The Labute approximate surface area is 101 Å². The van der Waals surface area contributed by atoms with Crippen LogP contribution in [0.1, 0.15) is 10.5 Å². The van der Waals surface area contributed by atoms with E-state index in [4.69, 9.17) is 4.74 Å². The van der Waals surface area contributed by atoms with E-state index >= 15 is 0 Å². The number of hydrogen-bond acceptors (Lipinski definition) is 4. The predicted molar refractivity (Wildman–Crippen MR) is 62.9 cm³/mol. The molecular weight excluding hydrogens is 239 g/mol. The van der Waals surface area contributed by atoms with Gasteiger partial charge in [0.1, 0.15) is 12.3 Å². The Balaban J connectivity index is 0. The van der Waals surface area contributed by atoms with Crippen molar-refractivity contribution in [3.8, 4) is 0 Å². The number of aromatic nitrogens is 1. The Morgan fingerprint density at radius 2 is 2.20 bits per heavy atom. The van der Waals surface area contributed by atoms with Crippen LogP contribution in [0.4, 0.5) is 0 Å². The van der Waals surface area contributed by atoms with Crippen LogP contribution < -0.4 is 5.32 Å². The van der Waals surface area contributed by atoms with Crippen LogP contribution in [0.2, 0.25) is 0 Å². The molecule has 0 aliphatic rings. The molecule has 4 nitrogen and oxygen atoms in total. The minimum atomic E-state index is -0.379. The molecule has 1 aromatic rings. The summed E-state index contributed by atoms with van der Waals surface area (Å²) in [5, 5.41) is 2.88. The number of nitrogens with one attached hydrogen (secondary N) is 1. The summed E-state index contributed by atoms with van der Waals surface area (Å²) in [6.07, 6.45) is 1.56. The van der Waals surface area contributed by atoms with Gasteiger partial charge in [-0.15, -0.1) is 24.8 Å². The Hall–Kier alpha value is -0.840. The fourth-order valence-corrected chi connectivity index (χ4v) is 0.803. The lowest BCUT2D eigenvalue weighted by Gasteiger charge is -2.02. The third-order valence-electron chi connectivity index (χ3n) is 1.46. The molecule has 6 heteroatoms. The van der Waals surface area contributed by atoms with Crippen LogP contribution in [0.5, 0.6) is 0 Å². The molecule has 0 atom stereocenters. The summed E-state index contributed by atoms with van der Waals surface area (Å²) in [6.45, 7) is 1.02. The van der Waals surface area contributed by atoms with Crippen LogP contribution in [-0.2, 0) is 4.74 Å². The maximum Gasteiger partial charge on any atom is 0.356 e. The van der Waals surface area contributed by atoms with Gasteiger partial charge in [-0.2, -0.15) is 0 Å². The Bertz CT molecular complexity index is 270. The van der Waals surface area contributed by atoms with Crippen LogP contribution in [0, 0.1) is 0 Å². The predicted octanol–water partition coefficient (Wildman–Crippen LogP) is 1.30. The van der Waals surface area contributed by atoms with Crippen molar-refractivity contribution in [2.75, 3.05) is 20.2 Å². The largest absolute Gasteiger partial charge is 0.460 e. The molecular formula is C9H14Cl2N2O2. The summed E-state index contributed by atoms with van der Waals surface area (Å²) in [6, 6.07) is 5.13. The van der Waals surface area contributed by atoms with Crippen LogP contribution in [-0.4, -0.2) is 31.2 Å². The van der Waals surface area contributed by atoms with Crippen molar-refractivity contribution in [1.82, 2.24) is 10.3 Å². The van der Waals surface area contributed by atoms with Crippen molar-refractivity contribution in [3.05, 3.63) is 30.1 Å². The van der Waals surface area contributed by atoms with Gasteiger partial charge in [0.05, 0.1) is 0 Å². The van der Waals surface area contributed by atoms with Crippen LogP contribution in [0.25, 0.3) is 0 Å². The van der Waals surface area contributed by atoms with Crippen molar-refractivity contribution in [2.24, 2.45) is 0 Å². The summed E-state index contributed by atoms with van der Waals surface area (Å²) in [5.41, 5.74) is 0.346. The molecule has 0 fully saturated rings. The topological polar surface area (TPSA) is 51.2 Å². The minimum absolute atomic E-state index is 0. The molecule has 0 saturated carbocycles. The van der Waals surface area contributed by atoms with E-state index in [2.05, 4.69) is 10.3 Å². The standard InChI is InChI=1S/C9H12N2O2.2ClH/c1-10-6-7-13-9(12)8-4-2-3-5-11-8;;/h2-5,10H,6-7H2,1H3;2*1H. The average molecular weight is 253 g/mol. The molecule has 0 amide bonds. The lowest BCUT2D eigenvalue weighted by atomic mass is 10.3. The van der Waals surface area contributed by atoms with Crippen LogP contribution >= 0.6 is 24.8 Å². The first-order valence-corrected chi connectivity index (χ1v) is 4.07. The number of rotatable bonds is 4. The molecule has 1 rings (SSSR count). The van der Waals surface area contributed by atoms with Gasteiger partial charge in [-0.1, -0.05) is 6.07 Å². The SMILES string of the molecule is CNCCOC(=O)c1ccccn1.Cl.Cl. The van der Waals surface area contributed by atoms with E-state index in [1.165, 1.54) is 0 Å². The monoisotopic (exact) mass is 252 g/mol. The number of hydrogen-bond donors (Lipinski definition) is 1. The highest BCUT2D eigenvalue weighted by molar-refractivity contribution is 5.87. The number of nitrogens with zero attached hydrogens (tertiary/aromatic N) is 1. The molecule has 15 heavy (non-hydrogen) atoms. The third kappa shape index (κ3) is 6.28. The van der Waals surface area contributed by atoms with Gasteiger partial charge in [-0.05, 0) is 19.2 Å². The van der Waals surface area contributed by atoms with Crippen LogP contribution in [0.3, 0.4) is 0 Å². The zero-order valence-electron chi connectivity index (χ0n) is 8.30. The van der Waals surface area contributed by atoms with Gasteiger partial charge in [0.25, 0.3) is 0 Å². The van der Waals surface area contributed by atoms with E-state index in [1.807, 2.05) is 0 Å². The number of esters is 1. The van der Waals surface area contributed by atoms with Crippen molar-refractivity contribution in [2.45, 2.75) is 0 Å². The Kier molecular flexibility index (Phi) is 10.7. The maximum absolute atomic E-state index is 11.2. The van der Waals surface area contributed by atoms with Gasteiger partial charge >= 0.3 is 5.97 Å². The first kappa shape index (κ1) is 16.6. The van der Waals surface area contributed by atoms with Gasteiger partial charge in [-0.3, -0.25) is 0 Å². The fraction of sp³-hybridized carbons (Fsp3) is 0.333. The molecule has 0 radical (unpaired) electrons. The molecule has 1 aromatic heterocycles. The summed E-state index contributed by atoms with van der Waals surface area (Å²) < 4.78 is 4.90. The molecule has 0 aliphatic heterocycles. The first-order chi connectivity index (χ1) is 6.34. The third-order valence-corrected chi connectivity index (χ3v) is 1.46. The van der Waals surface area contributed by atoms with Crippen LogP contribution in [0.15, 0.2) is 24.4 Å². The van der Waals surface area contributed by atoms with Gasteiger partial charge in [0.15, 0.2) is 0 Å². The smallest absolute Gasteiger partial charge is 0.356 e. The average Bonchev–Trinajstić information content (AvgIpc) is 2.19. The van der Waals surface area contributed by atoms with Gasteiger partial charge < -0.3 is 10.1 Å². The van der Waals surface area contributed by atoms with E-state index in [1.54, 1.807) is 31.4 Å². The second kappa shape index (κ2) is 9.71. The normalized spacial score (nSPS) is 8.33. The van der Waals surface area contributed by atoms with E-state index in [0.29, 0.717) is 18.8 Å². The molecule has 1 heterocycles. The highest BCUT2D eigenvalue weighted by atomic mass is 35.5. The maximum atomic E-state index is 11.2. The number of ether oxygens (including phenoxy) is 1. The van der Waals surface area contributed by atoms with Crippen molar-refractivity contribution < 1.29 is 9.53 Å². The second-order valence-corrected chi connectivity index (χ2v) is 2.45. The zero-order chi connectivity index (χ0) is 9.52. The summed E-state index contributed by atoms with van der Waals surface area (Å²) in [5.74, 6) is -0.379. The first-order valence-electron chi connectivity index (χ1n) is 4.07. The number of halogens is 2. The van der Waals surface area contributed by atoms with E-state index < -0.39 is 0 Å².